The maximum atomic E-state index is 6.51. The molecule has 37 heavy (non-hydrogen) atoms. The molecule has 0 amide bonds. The first-order chi connectivity index (χ1) is 18.0. The van der Waals surface area contributed by atoms with Gasteiger partial charge in [-0.25, -0.2) is 4.98 Å². The molecule has 3 aliphatic carbocycles. The van der Waals surface area contributed by atoms with E-state index in [0.717, 1.165) is 44.7 Å². The molecule has 4 aromatic heterocycles. The van der Waals surface area contributed by atoms with Crippen LogP contribution in [0, 0.1) is 20.8 Å². The number of aromatic nitrogens is 4. The van der Waals surface area contributed by atoms with Gasteiger partial charge in [0.25, 0.3) is 0 Å². The zero-order valence-electron chi connectivity index (χ0n) is 21.2. The summed E-state index contributed by atoms with van der Waals surface area (Å²) in [5.74, 6) is 0.142. The summed E-state index contributed by atoms with van der Waals surface area (Å²) in [6, 6.07) is 19.8. The van der Waals surface area contributed by atoms with Crippen molar-refractivity contribution in [2.24, 2.45) is 7.05 Å². The molecule has 2 atom stereocenters. The van der Waals surface area contributed by atoms with Crippen molar-refractivity contribution >= 4 is 22.1 Å². The van der Waals surface area contributed by atoms with E-state index in [4.69, 9.17) is 19.4 Å². The first-order valence-electron chi connectivity index (χ1n) is 12.8. The SMILES string of the molecule is Cc1ccc2c(n1)oc1c(-c3ccc4c([n+]3C)C3c5ccccc5C4c4nccnc43)c(C)cc(C)c12. The Kier molecular flexibility index (Phi) is 3.99. The number of hydrogen-bond acceptors (Lipinski definition) is 4. The molecule has 2 unspecified atom stereocenters. The van der Waals surface area contributed by atoms with Crippen LogP contribution in [0.15, 0.2) is 71.4 Å². The topological polar surface area (TPSA) is 55.7 Å². The fourth-order valence-electron chi connectivity index (χ4n) is 6.88. The summed E-state index contributed by atoms with van der Waals surface area (Å²) in [7, 11) is 2.18. The van der Waals surface area contributed by atoms with Crippen molar-refractivity contribution in [2.75, 3.05) is 0 Å². The highest BCUT2D eigenvalue weighted by Gasteiger charge is 2.48. The Balaban J connectivity index is 1.44. The zero-order valence-corrected chi connectivity index (χ0v) is 21.2. The number of aryl methyl sites for hydroxylation is 3. The molecule has 6 aromatic rings. The summed E-state index contributed by atoms with van der Waals surface area (Å²) in [6.45, 7) is 6.34. The molecular weight excluding hydrogens is 456 g/mol. The fourth-order valence-corrected chi connectivity index (χ4v) is 6.88. The van der Waals surface area contributed by atoms with Crippen LogP contribution in [0.25, 0.3) is 33.3 Å². The van der Waals surface area contributed by atoms with Gasteiger partial charge < -0.3 is 4.42 Å². The highest BCUT2D eigenvalue weighted by atomic mass is 16.3. The minimum atomic E-state index is 0.0473. The predicted molar refractivity (Wildman–Crippen MR) is 143 cm³/mol. The van der Waals surface area contributed by atoms with Gasteiger partial charge in [0, 0.05) is 40.5 Å². The number of furan rings is 1. The average molecular weight is 482 g/mol. The van der Waals surface area contributed by atoms with Gasteiger partial charge in [-0.15, -0.1) is 0 Å². The van der Waals surface area contributed by atoms with E-state index in [1.54, 1.807) is 0 Å². The normalized spacial score (nSPS) is 17.2. The van der Waals surface area contributed by atoms with E-state index in [1.165, 1.54) is 33.5 Å². The second-order valence-electron chi connectivity index (χ2n) is 10.4. The van der Waals surface area contributed by atoms with Gasteiger partial charge in [-0.3, -0.25) is 9.97 Å². The van der Waals surface area contributed by atoms with Crippen molar-refractivity contribution in [3.05, 3.63) is 118 Å². The van der Waals surface area contributed by atoms with Crippen LogP contribution in [-0.4, -0.2) is 15.0 Å². The molecule has 0 saturated carbocycles. The summed E-state index contributed by atoms with van der Waals surface area (Å²) in [6.07, 6.45) is 3.64. The maximum absolute atomic E-state index is 6.51. The number of pyridine rings is 2. The van der Waals surface area contributed by atoms with Crippen LogP contribution in [0.2, 0.25) is 0 Å². The van der Waals surface area contributed by atoms with E-state index in [-0.39, 0.29) is 11.8 Å². The van der Waals surface area contributed by atoms with Crippen molar-refractivity contribution in [2.45, 2.75) is 32.6 Å². The number of rotatable bonds is 1. The third kappa shape index (κ3) is 2.58. The molecule has 2 aromatic carbocycles. The van der Waals surface area contributed by atoms with Crippen molar-refractivity contribution in [1.82, 2.24) is 15.0 Å². The fraction of sp³-hybridized carbons (Fsp3) is 0.188. The van der Waals surface area contributed by atoms with Crippen LogP contribution in [0.3, 0.4) is 0 Å². The van der Waals surface area contributed by atoms with Crippen LogP contribution >= 0.6 is 0 Å². The number of fused-ring (bicyclic) bond motifs is 3. The van der Waals surface area contributed by atoms with Crippen molar-refractivity contribution in [3.8, 4) is 11.3 Å². The predicted octanol–water partition coefficient (Wildman–Crippen LogP) is 6.17. The molecule has 0 spiro atoms. The highest BCUT2D eigenvalue weighted by molar-refractivity contribution is 6.10. The molecule has 4 heterocycles. The Bertz CT molecular complexity index is 1900. The van der Waals surface area contributed by atoms with Gasteiger partial charge in [-0.2, -0.15) is 4.57 Å². The minimum absolute atomic E-state index is 0.0473. The summed E-state index contributed by atoms with van der Waals surface area (Å²) in [5.41, 5.74) is 14.6. The summed E-state index contributed by atoms with van der Waals surface area (Å²) >= 11 is 0. The molecule has 5 nitrogen and oxygen atoms in total. The quantitative estimate of drug-likeness (QED) is 0.263. The van der Waals surface area contributed by atoms with Crippen LogP contribution in [0.1, 0.15) is 62.4 Å². The first kappa shape index (κ1) is 20.8. The second kappa shape index (κ2) is 7.10. The van der Waals surface area contributed by atoms with Crippen molar-refractivity contribution in [1.29, 1.82) is 0 Å². The molecule has 5 heteroatoms. The molecule has 9 rings (SSSR count). The molecule has 0 saturated heterocycles. The lowest BCUT2D eigenvalue weighted by molar-refractivity contribution is -0.669. The summed E-state index contributed by atoms with van der Waals surface area (Å²) in [4.78, 5) is 14.4. The van der Waals surface area contributed by atoms with E-state index >= 15 is 0 Å². The number of hydrogen-bond donors (Lipinski definition) is 0. The smallest absolute Gasteiger partial charge is 0.227 e. The molecule has 0 N–H and O–H groups in total. The van der Waals surface area contributed by atoms with E-state index in [9.17, 15) is 0 Å². The molecule has 3 aliphatic rings. The summed E-state index contributed by atoms with van der Waals surface area (Å²) in [5, 5.41) is 2.21. The third-order valence-electron chi connectivity index (χ3n) is 8.34. The van der Waals surface area contributed by atoms with Gasteiger partial charge in [-0.1, -0.05) is 30.3 Å². The Morgan fingerprint density at radius 2 is 1.51 bits per heavy atom. The monoisotopic (exact) mass is 481 g/mol. The van der Waals surface area contributed by atoms with Crippen molar-refractivity contribution < 1.29 is 8.98 Å². The molecule has 0 aliphatic heterocycles. The van der Waals surface area contributed by atoms with Crippen LogP contribution < -0.4 is 4.57 Å². The molecule has 0 fully saturated rings. The van der Waals surface area contributed by atoms with Gasteiger partial charge in [0.15, 0.2) is 11.3 Å². The molecular formula is C32H25N4O+. The minimum Gasteiger partial charge on any atom is -0.437 e. The van der Waals surface area contributed by atoms with Gasteiger partial charge >= 0.3 is 0 Å². The Hall–Kier alpha value is -4.38. The highest BCUT2D eigenvalue weighted by Crippen LogP contribution is 2.53. The lowest BCUT2D eigenvalue weighted by atomic mass is 9.65. The van der Waals surface area contributed by atoms with Gasteiger partial charge in [-0.05, 0) is 61.2 Å². The zero-order chi connectivity index (χ0) is 25.0. The number of nitrogens with zero attached hydrogens (tertiary/aromatic N) is 4. The van der Waals surface area contributed by atoms with Gasteiger partial charge in [0.2, 0.25) is 11.4 Å². The lowest BCUT2D eigenvalue weighted by Gasteiger charge is -2.37. The lowest BCUT2D eigenvalue weighted by Crippen LogP contribution is -2.44. The Morgan fingerprint density at radius 3 is 2.30 bits per heavy atom. The van der Waals surface area contributed by atoms with E-state index in [1.807, 2.05) is 19.3 Å². The summed E-state index contributed by atoms with van der Waals surface area (Å²) < 4.78 is 8.87. The van der Waals surface area contributed by atoms with Crippen molar-refractivity contribution in [3.63, 3.8) is 0 Å². The first-order valence-corrected chi connectivity index (χ1v) is 12.8. The van der Waals surface area contributed by atoms with Crippen LogP contribution in [0.4, 0.5) is 0 Å². The van der Waals surface area contributed by atoms with Crippen LogP contribution in [0.5, 0.6) is 0 Å². The van der Waals surface area contributed by atoms with Crippen LogP contribution in [-0.2, 0) is 7.05 Å². The van der Waals surface area contributed by atoms with Gasteiger partial charge in [0.1, 0.15) is 13.0 Å². The molecule has 2 bridgehead atoms. The third-order valence-corrected chi connectivity index (χ3v) is 8.34. The van der Waals surface area contributed by atoms with E-state index in [0.29, 0.717) is 5.71 Å². The molecule has 178 valence electrons. The largest absolute Gasteiger partial charge is 0.437 e. The maximum Gasteiger partial charge on any atom is 0.227 e. The number of benzene rings is 2. The standard InChI is InChI=1S/C32H25N4O/c1-16-15-17(2)25(31-24(16)22-10-9-18(3)35-32(22)37-31)23-12-11-21-26-19-7-5-6-8-20(19)27(30(21)36(23)4)29-28(26)33-13-14-34-29/h5-15,26-27H,1-4H3/q+1. The second-order valence-corrected chi connectivity index (χ2v) is 10.4. The van der Waals surface area contributed by atoms with E-state index in [2.05, 4.69) is 80.1 Å². The Morgan fingerprint density at radius 1 is 0.784 bits per heavy atom. The van der Waals surface area contributed by atoms with Gasteiger partial charge in [0.05, 0.1) is 22.9 Å². The average Bonchev–Trinajstić information content (AvgIpc) is 3.28. The Labute approximate surface area is 214 Å². The van der Waals surface area contributed by atoms with E-state index < -0.39 is 0 Å². The molecule has 0 radical (unpaired) electrons.